The summed E-state index contributed by atoms with van der Waals surface area (Å²) in [6.45, 7) is 0.734. The summed E-state index contributed by atoms with van der Waals surface area (Å²) in [5.74, 6) is 0.834. The predicted octanol–water partition coefficient (Wildman–Crippen LogP) is 5.49. The van der Waals surface area contributed by atoms with Crippen LogP contribution in [0.4, 0.5) is 0 Å². The number of fused-ring (bicyclic) bond motifs is 2. The molecule has 1 N–H and O–H groups in total. The number of hydrazone groups is 1. The molecule has 0 atom stereocenters. The number of benzene rings is 3. The first-order valence-electron chi connectivity index (χ1n) is 9.83. The highest BCUT2D eigenvalue weighted by atomic mass is 35.5. The van der Waals surface area contributed by atoms with Gasteiger partial charge in [0.05, 0.1) is 6.21 Å². The molecular formula is C24H17Cl2N3O3. The van der Waals surface area contributed by atoms with Gasteiger partial charge in [0.15, 0.2) is 11.5 Å². The Morgan fingerprint density at radius 2 is 1.91 bits per heavy atom. The number of ether oxygens (including phenoxy) is 2. The van der Waals surface area contributed by atoms with Crippen LogP contribution in [0.3, 0.4) is 0 Å². The molecule has 160 valence electrons. The van der Waals surface area contributed by atoms with Gasteiger partial charge in [-0.25, -0.2) is 5.43 Å². The highest BCUT2D eigenvalue weighted by molar-refractivity contribution is 6.35. The molecule has 1 aliphatic rings. The molecule has 1 aromatic heterocycles. The van der Waals surface area contributed by atoms with Gasteiger partial charge in [-0.05, 0) is 42.0 Å². The molecule has 3 aromatic carbocycles. The zero-order chi connectivity index (χ0) is 22.1. The maximum Gasteiger partial charge on any atom is 0.271 e. The molecule has 0 unspecified atom stereocenters. The van der Waals surface area contributed by atoms with Crippen molar-refractivity contribution < 1.29 is 14.3 Å². The summed E-state index contributed by atoms with van der Waals surface area (Å²) in [4.78, 5) is 12.5. The van der Waals surface area contributed by atoms with Crippen molar-refractivity contribution in [3.8, 4) is 11.5 Å². The van der Waals surface area contributed by atoms with Gasteiger partial charge in [-0.15, -0.1) is 0 Å². The van der Waals surface area contributed by atoms with Crippen molar-refractivity contribution in [1.82, 2.24) is 9.99 Å². The van der Waals surface area contributed by atoms with Crippen molar-refractivity contribution in [2.75, 3.05) is 6.79 Å². The van der Waals surface area contributed by atoms with E-state index >= 15 is 0 Å². The lowest BCUT2D eigenvalue weighted by Crippen LogP contribution is -2.17. The second kappa shape index (κ2) is 8.57. The Bertz CT molecular complexity index is 1360. The average Bonchev–Trinajstić information content (AvgIpc) is 3.40. The Balaban J connectivity index is 1.37. The molecule has 1 aliphatic heterocycles. The Kier molecular flexibility index (Phi) is 5.47. The van der Waals surface area contributed by atoms with Gasteiger partial charge in [0.25, 0.3) is 5.91 Å². The lowest BCUT2D eigenvalue weighted by molar-refractivity contribution is 0.0954. The summed E-state index contributed by atoms with van der Waals surface area (Å²) < 4.78 is 12.7. The molecule has 0 aliphatic carbocycles. The number of para-hydroxylation sites is 1. The third kappa shape index (κ3) is 4.02. The predicted molar refractivity (Wildman–Crippen MR) is 125 cm³/mol. The summed E-state index contributed by atoms with van der Waals surface area (Å²) in [5, 5.41) is 6.38. The van der Waals surface area contributed by atoms with E-state index in [-0.39, 0.29) is 12.7 Å². The van der Waals surface area contributed by atoms with E-state index in [1.54, 1.807) is 30.5 Å². The third-order valence-electron chi connectivity index (χ3n) is 5.18. The average molecular weight is 466 g/mol. The van der Waals surface area contributed by atoms with Gasteiger partial charge in [0.1, 0.15) is 0 Å². The lowest BCUT2D eigenvalue weighted by Gasteiger charge is -2.08. The molecule has 1 amide bonds. The molecule has 0 bridgehead atoms. The quantitative estimate of drug-likeness (QED) is 0.313. The maximum atomic E-state index is 12.5. The summed E-state index contributed by atoms with van der Waals surface area (Å²) in [6.07, 6.45) is 3.61. The van der Waals surface area contributed by atoms with Crippen molar-refractivity contribution in [3.05, 3.63) is 93.6 Å². The van der Waals surface area contributed by atoms with E-state index in [1.165, 1.54) is 0 Å². The fourth-order valence-electron chi connectivity index (χ4n) is 3.61. The van der Waals surface area contributed by atoms with Crippen LogP contribution in [-0.4, -0.2) is 23.5 Å². The van der Waals surface area contributed by atoms with Crippen LogP contribution in [0.2, 0.25) is 10.0 Å². The fourth-order valence-corrected chi connectivity index (χ4v) is 4.07. The summed E-state index contributed by atoms with van der Waals surface area (Å²) in [5.41, 5.74) is 5.86. The first-order chi connectivity index (χ1) is 15.6. The number of carbonyl (C=O) groups excluding carboxylic acids is 1. The van der Waals surface area contributed by atoms with Gasteiger partial charge in [-0.1, -0.05) is 47.5 Å². The van der Waals surface area contributed by atoms with Gasteiger partial charge in [0.2, 0.25) is 6.79 Å². The molecule has 0 fully saturated rings. The van der Waals surface area contributed by atoms with E-state index in [9.17, 15) is 4.79 Å². The van der Waals surface area contributed by atoms with Gasteiger partial charge < -0.3 is 14.0 Å². The van der Waals surface area contributed by atoms with Gasteiger partial charge in [-0.2, -0.15) is 5.10 Å². The van der Waals surface area contributed by atoms with Crippen molar-refractivity contribution in [2.45, 2.75) is 6.54 Å². The second-order valence-electron chi connectivity index (χ2n) is 7.23. The van der Waals surface area contributed by atoms with Crippen molar-refractivity contribution in [2.24, 2.45) is 5.10 Å². The highest BCUT2D eigenvalue weighted by Gasteiger charge is 2.16. The number of aromatic nitrogens is 1. The first kappa shape index (κ1) is 20.4. The summed E-state index contributed by atoms with van der Waals surface area (Å²) in [6, 6.07) is 18.5. The zero-order valence-corrected chi connectivity index (χ0v) is 18.2. The molecule has 4 aromatic rings. The minimum Gasteiger partial charge on any atom is -0.454 e. The van der Waals surface area contributed by atoms with E-state index in [0.29, 0.717) is 33.7 Å². The summed E-state index contributed by atoms with van der Waals surface area (Å²) in [7, 11) is 0. The number of nitrogens with zero attached hydrogens (tertiary/aromatic N) is 2. The number of nitrogens with one attached hydrogen (secondary N) is 1. The monoisotopic (exact) mass is 465 g/mol. The Morgan fingerprint density at radius 3 is 2.78 bits per heavy atom. The molecule has 2 heterocycles. The van der Waals surface area contributed by atoms with Gasteiger partial charge in [0, 0.05) is 44.8 Å². The Morgan fingerprint density at radius 1 is 1.06 bits per heavy atom. The topological polar surface area (TPSA) is 64.9 Å². The zero-order valence-electron chi connectivity index (χ0n) is 16.7. The van der Waals surface area contributed by atoms with E-state index in [2.05, 4.69) is 15.1 Å². The molecule has 0 radical (unpaired) electrons. The van der Waals surface area contributed by atoms with Crippen LogP contribution in [0.1, 0.15) is 21.5 Å². The Hall–Kier alpha value is -3.48. The molecule has 32 heavy (non-hydrogen) atoms. The van der Waals surface area contributed by atoms with Crippen LogP contribution in [0.15, 0.2) is 72.0 Å². The standard InChI is InChI=1S/C24H17Cl2N3O3/c25-18-7-5-16(20(26)10-18)12-29-13-17(19-3-1-2-4-21(19)29)11-27-28-24(30)15-6-8-22-23(9-15)32-14-31-22/h1-11,13H,12,14H2,(H,28,30)/b27-11-. The Labute approximate surface area is 194 Å². The van der Waals surface area contributed by atoms with Crippen LogP contribution < -0.4 is 14.9 Å². The van der Waals surface area contributed by atoms with Crippen molar-refractivity contribution in [1.29, 1.82) is 0 Å². The third-order valence-corrected chi connectivity index (χ3v) is 5.77. The number of carbonyl (C=O) groups is 1. The smallest absolute Gasteiger partial charge is 0.271 e. The normalized spacial score (nSPS) is 12.6. The number of rotatable bonds is 5. The number of amides is 1. The van der Waals surface area contributed by atoms with Gasteiger partial charge >= 0.3 is 0 Å². The second-order valence-corrected chi connectivity index (χ2v) is 8.08. The van der Waals surface area contributed by atoms with Crippen molar-refractivity contribution >= 4 is 46.2 Å². The van der Waals surface area contributed by atoms with Crippen LogP contribution in [0, 0.1) is 0 Å². The van der Waals surface area contributed by atoms with Gasteiger partial charge in [-0.3, -0.25) is 4.79 Å². The number of hydrogen-bond acceptors (Lipinski definition) is 4. The molecular weight excluding hydrogens is 449 g/mol. The van der Waals surface area contributed by atoms with E-state index in [0.717, 1.165) is 22.0 Å². The van der Waals surface area contributed by atoms with E-state index in [4.69, 9.17) is 32.7 Å². The minimum atomic E-state index is -0.337. The lowest BCUT2D eigenvalue weighted by atomic mass is 10.2. The molecule has 6 nitrogen and oxygen atoms in total. The van der Waals surface area contributed by atoms with Crippen LogP contribution in [0.5, 0.6) is 11.5 Å². The molecule has 0 saturated heterocycles. The number of halogens is 2. The minimum absolute atomic E-state index is 0.157. The van der Waals surface area contributed by atoms with E-state index in [1.807, 2.05) is 42.6 Å². The highest BCUT2D eigenvalue weighted by Crippen LogP contribution is 2.32. The maximum absolute atomic E-state index is 12.5. The largest absolute Gasteiger partial charge is 0.454 e. The van der Waals surface area contributed by atoms with Crippen LogP contribution in [-0.2, 0) is 6.54 Å². The van der Waals surface area contributed by atoms with E-state index < -0.39 is 0 Å². The van der Waals surface area contributed by atoms with Crippen molar-refractivity contribution in [3.63, 3.8) is 0 Å². The molecule has 0 saturated carbocycles. The number of hydrogen-bond donors (Lipinski definition) is 1. The SMILES string of the molecule is O=C(N/N=C\c1cn(Cc2ccc(Cl)cc2Cl)c2ccccc12)c1ccc2c(c1)OCO2. The summed E-state index contributed by atoms with van der Waals surface area (Å²) >= 11 is 12.4. The van der Waals surface area contributed by atoms with Crippen LogP contribution >= 0.6 is 23.2 Å². The fraction of sp³-hybridized carbons (Fsp3) is 0.0833. The molecule has 0 spiro atoms. The molecule has 5 rings (SSSR count). The first-order valence-corrected chi connectivity index (χ1v) is 10.6. The molecule has 8 heteroatoms. The van der Waals surface area contributed by atoms with Crippen LogP contribution in [0.25, 0.3) is 10.9 Å².